The van der Waals surface area contributed by atoms with E-state index in [0.29, 0.717) is 29.2 Å². The molecule has 192 valence electrons. The number of hydrogen-bond acceptors (Lipinski definition) is 4. The first-order valence-corrected chi connectivity index (χ1v) is 11.7. The molecule has 1 aliphatic rings. The summed E-state index contributed by atoms with van der Waals surface area (Å²) in [6.07, 6.45) is -3.65. The van der Waals surface area contributed by atoms with Crippen molar-refractivity contribution < 1.29 is 22.4 Å². The van der Waals surface area contributed by atoms with E-state index in [-0.39, 0.29) is 23.6 Å². The van der Waals surface area contributed by atoms with Gasteiger partial charge in [-0.2, -0.15) is 23.4 Å². The third kappa shape index (κ3) is 4.81. The van der Waals surface area contributed by atoms with E-state index in [2.05, 4.69) is 20.8 Å². The first kappa shape index (κ1) is 24.5. The van der Waals surface area contributed by atoms with Gasteiger partial charge in [0.25, 0.3) is 5.91 Å². The van der Waals surface area contributed by atoms with Crippen LogP contribution in [-0.2, 0) is 6.54 Å². The Labute approximate surface area is 210 Å². The molecule has 0 aliphatic carbocycles. The van der Waals surface area contributed by atoms with Gasteiger partial charge in [-0.3, -0.25) is 9.48 Å². The van der Waals surface area contributed by atoms with Gasteiger partial charge in [-0.1, -0.05) is 42.5 Å². The van der Waals surface area contributed by atoms with Crippen molar-refractivity contribution >= 4 is 17.4 Å². The zero-order chi connectivity index (χ0) is 26.3. The molecule has 4 aromatic rings. The van der Waals surface area contributed by atoms with Gasteiger partial charge in [0.1, 0.15) is 17.2 Å². The monoisotopic (exact) mass is 512 g/mol. The highest BCUT2D eigenvalue weighted by atomic mass is 19.4. The van der Waals surface area contributed by atoms with Crippen LogP contribution in [0.15, 0.2) is 60.8 Å². The van der Waals surface area contributed by atoms with E-state index in [4.69, 9.17) is 0 Å². The first-order chi connectivity index (χ1) is 17.6. The SMILES string of the molecule is Cc1nn(Cc2ccc(F)cc2)c(C)c1NC(=O)c1cnn2c1N[C@@H](c1ccccc1)C[C@@H]2C(F)(F)F. The summed E-state index contributed by atoms with van der Waals surface area (Å²) >= 11 is 0. The second-order valence-electron chi connectivity index (χ2n) is 9.04. The molecule has 5 rings (SSSR count). The Morgan fingerprint density at radius 1 is 1.11 bits per heavy atom. The van der Waals surface area contributed by atoms with Gasteiger partial charge < -0.3 is 10.6 Å². The Balaban J connectivity index is 1.43. The molecule has 11 heteroatoms. The number of carbonyl (C=O) groups excluding carboxylic acids is 1. The molecule has 0 unspecified atom stereocenters. The number of benzene rings is 2. The van der Waals surface area contributed by atoms with E-state index in [0.717, 1.165) is 16.4 Å². The van der Waals surface area contributed by atoms with Crippen LogP contribution < -0.4 is 10.6 Å². The van der Waals surface area contributed by atoms with Gasteiger partial charge in [0.2, 0.25) is 0 Å². The van der Waals surface area contributed by atoms with E-state index in [9.17, 15) is 22.4 Å². The van der Waals surface area contributed by atoms with Crippen LogP contribution in [0.4, 0.5) is 29.1 Å². The average molecular weight is 513 g/mol. The number of halogens is 4. The second kappa shape index (κ2) is 9.38. The molecule has 7 nitrogen and oxygen atoms in total. The molecule has 0 radical (unpaired) electrons. The number of amides is 1. The summed E-state index contributed by atoms with van der Waals surface area (Å²) in [7, 11) is 0. The van der Waals surface area contributed by atoms with Crippen LogP contribution in [0.5, 0.6) is 0 Å². The van der Waals surface area contributed by atoms with E-state index in [1.54, 1.807) is 61.0 Å². The summed E-state index contributed by atoms with van der Waals surface area (Å²) in [6, 6.07) is 12.3. The quantitative estimate of drug-likeness (QED) is 0.332. The summed E-state index contributed by atoms with van der Waals surface area (Å²) in [6.45, 7) is 3.86. The van der Waals surface area contributed by atoms with Crippen molar-refractivity contribution in [2.45, 2.75) is 45.1 Å². The number of alkyl halides is 3. The molecule has 0 saturated heterocycles. The van der Waals surface area contributed by atoms with E-state index in [1.165, 1.54) is 12.1 Å². The molecular weight excluding hydrogens is 488 g/mol. The van der Waals surface area contributed by atoms with Crippen molar-refractivity contribution in [3.8, 4) is 0 Å². The first-order valence-electron chi connectivity index (χ1n) is 11.7. The van der Waals surface area contributed by atoms with Gasteiger partial charge in [-0.15, -0.1) is 0 Å². The van der Waals surface area contributed by atoms with Gasteiger partial charge in [-0.25, -0.2) is 9.07 Å². The maximum Gasteiger partial charge on any atom is 0.410 e. The third-order valence-corrected chi connectivity index (χ3v) is 6.55. The minimum Gasteiger partial charge on any atom is -0.363 e. The lowest BCUT2D eigenvalue weighted by molar-refractivity contribution is -0.173. The Hall–Kier alpha value is -4.15. The molecule has 3 heterocycles. The van der Waals surface area contributed by atoms with Gasteiger partial charge >= 0.3 is 6.18 Å². The summed E-state index contributed by atoms with van der Waals surface area (Å²) in [5.74, 6) is -0.935. The largest absolute Gasteiger partial charge is 0.410 e. The highest BCUT2D eigenvalue weighted by Gasteiger charge is 2.47. The Kier molecular flexibility index (Phi) is 6.22. The number of nitrogens with one attached hydrogen (secondary N) is 2. The van der Waals surface area contributed by atoms with Crippen LogP contribution in [0.25, 0.3) is 0 Å². The topological polar surface area (TPSA) is 76.8 Å². The lowest BCUT2D eigenvalue weighted by Gasteiger charge is -2.34. The average Bonchev–Trinajstić information content (AvgIpc) is 3.41. The number of hydrogen-bond donors (Lipinski definition) is 2. The number of aromatic nitrogens is 4. The Morgan fingerprint density at radius 3 is 2.49 bits per heavy atom. The van der Waals surface area contributed by atoms with Crippen molar-refractivity contribution in [3.63, 3.8) is 0 Å². The van der Waals surface area contributed by atoms with E-state index < -0.39 is 24.2 Å². The minimum atomic E-state index is -4.54. The zero-order valence-electron chi connectivity index (χ0n) is 20.1. The Morgan fingerprint density at radius 2 is 1.81 bits per heavy atom. The fraction of sp³-hybridized carbons (Fsp3) is 0.269. The highest BCUT2D eigenvalue weighted by molar-refractivity contribution is 6.08. The summed E-state index contributed by atoms with van der Waals surface area (Å²) < 4.78 is 57.6. The summed E-state index contributed by atoms with van der Waals surface area (Å²) in [5, 5.41) is 14.3. The maximum absolute atomic E-state index is 14.0. The van der Waals surface area contributed by atoms with Gasteiger partial charge in [0.15, 0.2) is 6.04 Å². The summed E-state index contributed by atoms with van der Waals surface area (Å²) in [5.41, 5.74) is 3.15. The number of nitrogens with zero attached hydrogens (tertiary/aromatic N) is 4. The highest BCUT2D eigenvalue weighted by Crippen LogP contribution is 2.44. The summed E-state index contributed by atoms with van der Waals surface area (Å²) in [4.78, 5) is 13.3. The zero-order valence-corrected chi connectivity index (χ0v) is 20.1. The van der Waals surface area contributed by atoms with Gasteiger partial charge in [0.05, 0.1) is 35.9 Å². The van der Waals surface area contributed by atoms with E-state index in [1.807, 2.05) is 0 Å². The van der Waals surface area contributed by atoms with Crippen molar-refractivity contribution in [2.75, 3.05) is 10.6 Å². The molecule has 1 aliphatic heterocycles. The lowest BCUT2D eigenvalue weighted by atomic mass is 9.96. The molecule has 2 N–H and O–H groups in total. The number of carbonyl (C=O) groups is 1. The Bertz CT molecular complexity index is 1430. The smallest absolute Gasteiger partial charge is 0.363 e. The number of aryl methyl sites for hydroxylation is 1. The number of rotatable bonds is 5. The van der Waals surface area contributed by atoms with Crippen molar-refractivity contribution in [1.29, 1.82) is 0 Å². The van der Waals surface area contributed by atoms with Crippen LogP contribution in [0.2, 0.25) is 0 Å². The van der Waals surface area contributed by atoms with Crippen LogP contribution in [0.3, 0.4) is 0 Å². The third-order valence-electron chi connectivity index (χ3n) is 6.55. The van der Waals surface area contributed by atoms with Crippen LogP contribution in [0, 0.1) is 19.7 Å². The molecule has 2 aromatic carbocycles. The number of fused-ring (bicyclic) bond motifs is 1. The van der Waals surface area contributed by atoms with Gasteiger partial charge in [0, 0.05) is 6.42 Å². The molecule has 0 saturated carbocycles. The molecule has 2 aromatic heterocycles. The number of anilines is 2. The van der Waals surface area contributed by atoms with Crippen molar-refractivity contribution in [3.05, 3.63) is 94.7 Å². The maximum atomic E-state index is 14.0. The predicted octanol–water partition coefficient (Wildman–Crippen LogP) is 5.80. The normalized spacial score (nSPS) is 17.2. The van der Waals surface area contributed by atoms with Crippen LogP contribution in [0.1, 0.15) is 51.4 Å². The van der Waals surface area contributed by atoms with Crippen LogP contribution in [-0.4, -0.2) is 31.6 Å². The second-order valence-corrected chi connectivity index (χ2v) is 9.04. The molecule has 0 fully saturated rings. The molecule has 1 amide bonds. The molecule has 0 spiro atoms. The van der Waals surface area contributed by atoms with Gasteiger partial charge in [-0.05, 0) is 37.1 Å². The fourth-order valence-corrected chi connectivity index (χ4v) is 4.61. The van der Waals surface area contributed by atoms with Crippen molar-refractivity contribution in [1.82, 2.24) is 19.6 Å². The standard InChI is InChI=1S/C26H24F4N6O/c1-15-23(16(2)35(34-15)14-17-8-10-19(27)11-9-17)33-25(37)20-13-31-36-22(26(28,29)30)12-21(32-24(20)36)18-6-4-3-5-7-18/h3-11,13,21-22,32H,12,14H2,1-2H3,(H,33,37)/t21-,22-/m1/s1. The molecule has 0 bridgehead atoms. The van der Waals surface area contributed by atoms with Crippen molar-refractivity contribution in [2.24, 2.45) is 0 Å². The molecule has 2 atom stereocenters. The molecule has 37 heavy (non-hydrogen) atoms. The van der Waals surface area contributed by atoms with Crippen LogP contribution >= 0.6 is 0 Å². The van der Waals surface area contributed by atoms with E-state index >= 15 is 0 Å². The lowest BCUT2D eigenvalue weighted by Crippen LogP contribution is -2.36. The minimum absolute atomic E-state index is 0.0000318. The fourth-order valence-electron chi connectivity index (χ4n) is 4.61. The molecular formula is C26H24F4N6O. The predicted molar refractivity (Wildman–Crippen MR) is 130 cm³/mol.